The number of carboxylic acid groups (broad SMARTS) is 1. The standard InChI is InChI=1S/C12H12N2O2S/c1-9-7-13-12(17-8-11(15)16)14(9)10-5-3-2-4-6-10/h2-7H,8H2,1H3,(H,15,16). The van der Waals surface area contributed by atoms with Crippen LogP contribution in [0.3, 0.4) is 0 Å². The van der Waals surface area contributed by atoms with E-state index in [0.717, 1.165) is 11.4 Å². The molecule has 88 valence electrons. The molecule has 0 aliphatic carbocycles. The van der Waals surface area contributed by atoms with Gasteiger partial charge in [0.15, 0.2) is 5.16 Å². The number of aromatic nitrogens is 2. The Morgan fingerprint density at radius 2 is 2.12 bits per heavy atom. The molecule has 0 saturated heterocycles. The van der Waals surface area contributed by atoms with Crippen LogP contribution in [-0.4, -0.2) is 26.4 Å². The summed E-state index contributed by atoms with van der Waals surface area (Å²) in [6.45, 7) is 1.95. The highest BCUT2D eigenvalue weighted by molar-refractivity contribution is 7.99. The lowest BCUT2D eigenvalue weighted by Crippen LogP contribution is -2.02. The third-order valence-electron chi connectivity index (χ3n) is 2.24. The predicted molar refractivity (Wildman–Crippen MR) is 66.7 cm³/mol. The number of benzene rings is 1. The van der Waals surface area contributed by atoms with E-state index in [2.05, 4.69) is 4.98 Å². The van der Waals surface area contributed by atoms with Crippen molar-refractivity contribution in [2.45, 2.75) is 12.1 Å². The summed E-state index contributed by atoms with van der Waals surface area (Å²) >= 11 is 1.22. The van der Waals surface area contributed by atoms with Gasteiger partial charge < -0.3 is 5.11 Å². The molecule has 0 amide bonds. The normalized spacial score (nSPS) is 10.4. The first kappa shape index (κ1) is 11.7. The Labute approximate surface area is 103 Å². The molecule has 1 aromatic heterocycles. The molecule has 1 N–H and O–H groups in total. The van der Waals surface area contributed by atoms with E-state index >= 15 is 0 Å². The van der Waals surface area contributed by atoms with Crippen LogP contribution in [0.25, 0.3) is 5.69 Å². The van der Waals surface area contributed by atoms with Crippen LogP contribution in [0.5, 0.6) is 0 Å². The van der Waals surface area contributed by atoms with Crippen molar-refractivity contribution in [3.05, 3.63) is 42.2 Å². The van der Waals surface area contributed by atoms with Gasteiger partial charge in [-0.25, -0.2) is 4.98 Å². The van der Waals surface area contributed by atoms with Gasteiger partial charge in [-0.3, -0.25) is 9.36 Å². The van der Waals surface area contributed by atoms with Gasteiger partial charge in [0.2, 0.25) is 0 Å². The van der Waals surface area contributed by atoms with Gasteiger partial charge in [-0.05, 0) is 19.1 Å². The molecule has 0 unspecified atom stereocenters. The summed E-state index contributed by atoms with van der Waals surface area (Å²) in [6, 6.07) is 9.78. The van der Waals surface area contributed by atoms with Crippen molar-refractivity contribution in [3.63, 3.8) is 0 Å². The molecule has 0 spiro atoms. The summed E-state index contributed by atoms with van der Waals surface area (Å²) in [6.07, 6.45) is 1.75. The van der Waals surface area contributed by atoms with Crippen molar-refractivity contribution in [2.24, 2.45) is 0 Å². The van der Waals surface area contributed by atoms with Crippen molar-refractivity contribution in [3.8, 4) is 5.69 Å². The van der Waals surface area contributed by atoms with Gasteiger partial charge in [-0.2, -0.15) is 0 Å². The fourth-order valence-corrected chi connectivity index (χ4v) is 2.29. The third-order valence-corrected chi connectivity index (χ3v) is 3.18. The maximum absolute atomic E-state index is 10.6. The Hall–Kier alpha value is -1.75. The molecule has 0 atom stereocenters. The Bertz CT molecular complexity index is 523. The van der Waals surface area contributed by atoms with Crippen LogP contribution in [-0.2, 0) is 4.79 Å². The smallest absolute Gasteiger partial charge is 0.313 e. The minimum atomic E-state index is -0.838. The number of carboxylic acids is 1. The van der Waals surface area contributed by atoms with Crippen LogP contribution in [0.2, 0.25) is 0 Å². The second-order valence-electron chi connectivity index (χ2n) is 3.54. The summed E-state index contributed by atoms with van der Waals surface area (Å²) in [7, 11) is 0. The van der Waals surface area contributed by atoms with Gasteiger partial charge >= 0.3 is 5.97 Å². The van der Waals surface area contributed by atoms with E-state index in [4.69, 9.17) is 5.11 Å². The molecule has 0 aliphatic heterocycles. The number of aryl methyl sites for hydroxylation is 1. The average molecular weight is 248 g/mol. The lowest BCUT2D eigenvalue weighted by atomic mass is 10.3. The van der Waals surface area contributed by atoms with Crippen LogP contribution < -0.4 is 0 Å². The lowest BCUT2D eigenvalue weighted by Gasteiger charge is -2.08. The number of imidazole rings is 1. The van der Waals surface area contributed by atoms with Gasteiger partial charge in [-0.1, -0.05) is 30.0 Å². The molecule has 17 heavy (non-hydrogen) atoms. The highest BCUT2D eigenvalue weighted by Gasteiger charge is 2.10. The van der Waals surface area contributed by atoms with E-state index in [1.54, 1.807) is 6.20 Å². The van der Waals surface area contributed by atoms with Crippen LogP contribution in [0.1, 0.15) is 5.69 Å². The van der Waals surface area contributed by atoms with E-state index < -0.39 is 5.97 Å². The fourth-order valence-electron chi connectivity index (χ4n) is 1.53. The van der Waals surface area contributed by atoms with Crippen LogP contribution in [0, 0.1) is 6.92 Å². The highest BCUT2D eigenvalue weighted by Crippen LogP contribution is 2.22. The number of nitrogens with zero attached hydrogens (tertiary/aromatic N) is 2. The summed E-state index contributed by atoms with van der Waals surface area (Å²) in [5.74, 6) is -0.821. The van der Waals surface area contributed by atoms with E-state index in [-0.39, 0.29) is 5.75 Å². The Balaban J connectivity index is 2.33. The van der Waals surface area contributed by atoms with Crippen molar-refractivity contribution >= 4 is 17.7 Å². The molecule has 1 aromatic carbocycles. The molecule has 0 bridgehead atoms. The van der Waals surface area contributed by atoms with E-state index in [1.165, 1.54) is 11.8 Å². The molecule has 1 heterocycles. The maximum atomic E-state index is 10.6. The molecule has 2 rings (SSSR count). The number of hydrogen-bond acceptors (Lipinski definition) is 3. The molecule has 0 saturated carbocycles. The Kier molecular flexibility index (Phi) is 3.49. The zero-order chi connectivity index (χ0) is 12.3. The van der Waals surface area contributed by atoms with Crippen molar-refractivity contribution in [1.29, 1.82) is 0 Å². The monoisotopic (exact) mass is 248 g/mol. The van der Waals surface area contributed by atoms with Crippen molar-refractivity contribution in [1.82, 2.24) is 9.55 Å². The Morgan fingerprint density at radius 1 is 1.41 bits per heavy atom. The van der Waals surface area contributed by atoms with Gasteiger partial charge in [-0.15, -0.1) is 0 Å². The molecule has 0 fully saturated rings. The summed E-state index contributed by atoms with van der Waals surface area (Å²) < 4.78 is 1.95. The predicted octanol–water partition coefficient (Wildman–Crippen LogP) is 2.36. The molecule has 4 nitrogen and oxygen atoms in total. The molecule has 2 aromatic rings. The number of rotatable bonds is 4. The number of carbonyl (C=O) groups is 1. The van der Waals surface area contributed by atoms with E-state index in [1.807, 2.05) is 41.8 Å². The first-order valence-electron chi connectivity index (χ1n) is 5.13. The Morgan fingerprint density at radius 3 is 2.76 bits per heavy atom. The average Bonchev–Trinajstić information content (AvgIpc) is 2.69. The lowest BCUT2D eigenvalue weighted by molar-refractivity contribution is -0.133. The molecular formula is C12H12N2O2S. The molecular weight excluding hydrogens is 236 g/mol. The minimum Gasteiger partial charge on any atom is -0.481 e. The summed E-state index contributed by atoms with van der Waals surface area (Å²) in [5, 5.41) is 9.39. The van der Waals surface area contributed by atoms with Crippen LogP contribution in [0.4, 0.5) is 0 Å². The summed E-state index contributed by atoms with van der Waals surface area (Å²) in [5.41, 5.74) is 1.99. The quantitative estimate of drug-likeness (QED) is 0.844. The van der Waals surface area contributed by atoms with Gasteiger partial charge in [0.25, 0.3) is 0 Å². The van der Waals surface area contributed by atoms with Crippen molar-refractivity contribution in [2.75, 3.05) is 5.75 Å². The van der Waals surface area contributed by atoms with Gasteiger partial charge in [0, 0.05) is 17.6 Å². The third kappa shape index (κ3) is 2.68. The fraction of sp³-hybridized carbons (Fsp3) is 0.167. The summed E-state index contributed by atoms with van der Waals surface area (Å²) in [4.78, 5) is 14.8. The maximum Gasteiger partial charge on any atom is 0.313 e. The topological polar surface area (TPSA) is 55.1 Å². The zero-order valence-corrected chi connectivity index (χ0v) is 10.1. The number of para-hydroxylation sites is 1. The SMILES string of the molecule is Cc1cnc(SCC(=O)O)n1-c1ccccc1. The largest absolute Gasteiger partial charge is 0.481 e. The zero-order valence-electron chi connectivity index (χ0n) is 9.33. The second-order valence-corrected chi connectivity index (χ2v) is 4.48. The van der Waals surface area contributed by atoms with E-state index in [0.29, 0.717) is 5.16 Å². The molecule has 0 radical (unpaired) electrons. The van der Waals surface area contributed by atoms with Crippen LogP contribution >= 0.6 is 11.8 Å². The van der Waals surface area contributed by atoms with Crippen LogP contribution in [0.15, 0.2) is 41.7 Å². The van der Waals surface area contributed by atoms with Gasteiger partial charge in [0.1, 0.15) is 0 Å². The minimum absolute atomic E-state index is 0.0171. The molecule has 5 heteroatoms. The number of thioether (sulfide) groups is 1. The molecule has 0 aliphatic rings. The number of hydrogen-bond donors (Lipinski definition) is 1. The van der Waals surface area contributed by atoms with Crippen molar-refractivity contribution < 1.29 is 9.90 Å². The number of aliphatic carboxylic acids is 1. The highest BCUT2D eigenvalue weighted by atomic mass is 32.2. The first-order chi connectivity index (χ1) is 8.18. The second kappa shape index (κ2) is 5.05. The van der Waals surface area contributed by atoms with E-state index in [9.17, 15) is 4.79 Å². The first-order valence-corrected chi connectivity index (χ1v) is 6.11. The van der Waals surface area contributed by atoms with Gasteiger partial charge in [0.05, 0.1) is 5.75 Å².